The average Bonchev–Trinajstić information content (AvgIpc) is 2.53. The SMILES string of the molecule is CCCC(CC)CC(c1ccccn1)N1CCOCC1. The predicted octanol–water partition coefficient (Wildman–Crippen LogP) is 3.67. The second-order valence-electron chi connectivity index (χ2n) is 5.72. The standard InChI is InChI=1S/C17H28N2O/c1-3-7-15(4-2)14-17(16-8-5-6-9-18-16)19-10-12-20-13-11-19/h5-6,8-9,15,17H,3-4,7,10-14H2,1-2H3. The monoisotopic (exact) mass is 276 g/mol. The van der Waals surface area contributed by atoms with E-state index in [1.54, 1.807) is 0 Å². The second-order valence-corrected chi connectivity index (χ2v) is 5.72. The van der Waals surface area contributed by atoms with Crippen molar-refractivity contribution in [3.05, 3.63) is 30.1 Å². The van der Waals surface area contributed by atoms with E-state index in [0.29, 0.717) is 6.04 Å². The van der Waals surface area contributed by atoms with E-state index in [4.69, 9.17) is 4.74 Å². The number of rotatable bonds is 7. The maximum atomic E-state index is 5.50. The molecular formula is C17H28N2O. The lowest BCUT2D eigenvalue weighted by atomic mass is 9.90. The third-order valence-electron chi connectivity index (χ3n) is 4.35. The summed E-state index contributed by atoms with van der Waals surface area (Å²) in [4.78, 5) is 7.18. The molecule has 0 aliphatic carbocycles. The fourth-order valence-electron chi connectivity index (χ4n) is 3.13. The molecule has 0 N–H and O–H groups in total. The summed E-state index contributed by atoms with van der Waals surface area (Å²) in [5.41, 5.74) is 1.23. The lowest BCUT2D eigenvalue weighted by Crippen LogP contribution is -2.40. The molecular weight excluding hydrogens is 248 g/mol. The molecule has 2 rings (SSSR count). The van der Waals surface area contributed by atoms with Crippen LogP contribution in [0.1, 0.15) is 51.3 Å². The number of pyridine rings is 1. The van der Waals surface area contributed by atoms with E-state index in [-0.39, 0.29) is 0 Å². The fraction of sp³-hybridized carbons (Fsp3) is 0.706. The van der Waals surface area contributed by atoms with Crippen LogP contribution in [0, 0.1) is 5.92 Å². The first kappa shape index (κ1) is 15.5. The second kappa shape index (κ2) is 8.38. The molecule has 2 unspecified atom stereocenters. The summed E-state index contributed by atoms with van der Waals surface area (Å²) < 4.78 is 5.50. The van der Waals surface area contributed by atoms with Gasteiger partial charge in [-0.05, 0) is 24.5 Å². The first-order valence-corrected chi connectivity index (χ1v) is 8.07. The molecule has 3 heteroatoms. The average molecular weight is 276 g/mol. The van der Waals surface area contributed by atoms with Crippen molar-refractivity contribution in [3.8, 4) is 0 Å². The van der Waals surface area contributed by atoms with Crippen LogP contribution in [0.15, 0.2) is 24.4 Å². The van der Waals surface area contributed by atoms with Gasteiger partial charge in [-0.25, -0.2) is 0 Å². The Hall–Kier alpha value is -0.930. The van der Waals surface area contributed by atoms with Crippen LogP contribution in [0.4, 0.5) is 0 Å². The van der Waals surface area contributed by atoms with Crippen molar-refractivity contribution >= 4 is 0 Å². The van der Waals surface area contributed by atoms with Crippen LogP contribution in [-0.2, 0) is 4.74 Å². The molecule has 0 spiro atoms. The van der Waals surface area contributed by atoms with Crippen molar-refractivity contribution in [2.24, 2.45) is 5.92 Å². The van der Waals surface area contributed by atoms with Gasteiger partial charge in [0.05, 0.1) is 24.9 Å². The molecule has 0 aromatic carbocycles. The summed E-state index contributed by atoms with van der Waals surface area (Å²) in [6.07, 6.45) is 7.01. The smallest absolute Gasteiger partial charge is 0.0594 e. The first-order valence-electron chi connectivity index (χ1n) is 8.07. The van der Waals surface area contributed by atoms with Gasteiger partial charge in [0.2, 0.25) is 0 Å². The molecule has 1 aliphatic heterocycles. The maximum Gasteiger partial charge on any atom is 0.0594 e. The molecule has 3 nitrogen and oxygen atoms in total. The largest absolute Gasteiger partial charge is 0.379 e. The predicted molar refractivity (Wildman–Crippen MR) is 82.7 cm³/mol. The Bertz CT molecular complexity index is 363. The van der Waals surface area contributed by atoms with Crippen molar-refractivity contribution < 1.29 is 4.74 Å². The summed E-state index contributed by atoms with van der Waals surface area (Å²) in [6.45, 7) is 8.37. The Morgan fingerprint density at radius 3 is 2.65 bits per heavy atom. The summed E-state index contributed by atoms with van der Waals surface area (Å²) in [6, 6.07) is 6.75. The van der Waals surface area contributed by atoms with Crippen molar-refractivity contribution in [1.29, 1.82) is 0 Å². The van der Waals surface area contributed by atoms with Gasteiger partial charge in [0, 0.05) is 19.3 Å². The van der Waals surface area contributed by atoms with E-state index < -0.39 is 0 Å². The number of morpholine rings is 1. The van der Waals surface area contributed by atoms with E-state index >= 15 is 0 Å². The van der Waals surface area contributed by atoms with Crippen LogP contribution in [-0.4, -0.2) is 36.2 Å². The molecule has 1 fully saturated rings. The van der Waals surface area contributed by atoms with Crippen molar-refractivity contribution in [1.82, 2.24) is 9.88 Å². The molecule has 0 amide bonds. The van der Waals surface area contributed by atoms with E-state index in [0.717, 1.165) is 32.2 Å². The van der Waals surface area contributed by atoms with Crippen molar-refractivity contribution in [2.45, 2.75) is 45.6 Å². The quantitative estimate of drug-likeness (QED) is 0.760. The Labute approximate surface area is 123 Å². The summed E-state index contributed by atoms with van der Waals surface area (Å²) in [5, 5.41) is 0. The maximum absolute atomic E-state index is 5.50. The van der Waals surface area contributed by atoms with Crippen LogP contribution in [0.5, 0.6) is 0 Å². The van der Waals surface area contributed by atoms with E-state index in [1.165, 1.54) is 31.4 Å². The van der Waals surface area contributed by atoms with E-state index in [9.17, 15) is 0 Å². The highest BCUT2D eigenvalue weighted by molar-refractivity contribution is 5.09. The Morgan fingerprint density at radius 2 is 2.05 bits per heavy atom. The lowest BCUT2D eigenvalue weighted by Gasteiger charge is -2.36. The van der Waals surface area contributed by atoms with Crippen LogP contribution in [0.25, 0.3) is 0 Å². The minimum absolute atomic E-state index is 0.455. The van der Waals surface area contributed by atoms with Gasteiger partial charge in [0.1, 0.15) is 0 Å². The normalized spacial score (nSPS) is 19.7. The number of ether oxygens (including phenoxy) is 1. The first-order chi connectivity index (χ1) is 9.85. The molecule has 0 saturated carbocycles. The van der Waals surface area contributed by atoms with Gasteiger partial charge in [-0.3, -0.25) is 9.88 Å². The molecule has 1 saturated heterocycles. The third-order valence-corrected chi connectivity index (χ3v) is 4.35. The minimum Gasteiger partial charge on any atom is -0.379 e. The molecule has 2 atom stereocenters. The highest BCUT2D eigenvalue weighted by atomic mass is 16.5. The van der Waals surface area contributed by atoms with E-state index in [2.05, 4.69) is 35.9 Å². The highest BCUT2D eigenvalue weighted by Gasteiger charge is 2.25. The molecule has 1 aromatic rings. The molecule has 20 heavy (non-hydrogen) atoms. The molecule has 2 heterocycles. The summed E-state index contributed by atoms with van der Waals surface area (Å²) in [5.74, 6) is 0.801. The zero-order valence-electron chi connectivity index (χ0n) is 12.9. The van der Waals surface area contributed by atoms with Gasteiger partial charge < -0.3 is 4.74 Å². The number of hydrogen-bond acceptors (Lipinski definition) is 3. The Balaban J connectivity index is 2.10. The van der Waals surface area contributed by atoms with Crippen LogP contribution in [0.2, 0.25) is 0 Å². The van der Waals surface area contributed by atoms with Crippen LogP contribution in [0.3, 0.4) is 0 Å². The van der Waals surface area contributed by atoms with E-state index in [1.807, 2.05) is 12.3 Å². The molecule has 0 bridgehead atoms. The molecule has 0 radical (unpaired) electrons. The van der Waals surface area contributed by atoms with Gasteiger partial charge in [0.15, 0.2) is 0 Å². The Kier molecular flexibility index (Phi) is 6.48. The Morgan fingerprint density at radius 1 is 1.25 bits per heavy atom. The lowest BCUT2D eigenvalue weighted by molar-refractivity contribution is 0.00917. The summed E-state index contributed by atoms with van der Waals surface area (Å²) in [7, 11) is 0. The van der Waals surface area contributed by atoms with Crippen molar-refractivity contribution in [2.75, 3.05) is 26.3 Å². The van der Waals surface area contributed by atoms with Gasteiger partial charge in [0.25, 0.3) is 0 Å². The molecule has 1 aliphatic rings. The number of hydrogen-bond donors (Lipinski definition) is 0. The number of nitrogens with zero attached hydrogens (tertiary/aromatic N) is 2. The van der Waals surface area contributed by atoms with Gasteiger partial charge in [-0.2, -0.15) is 0 Å². The zero-order valence-corrected chi connectivity index (χ0v) is 12.9. The minimum atomic E-state index is 0.455. The number of aromatic nitrogens is 1. The van der Waals surface area contributed by atoms with Gasteiger partial charge in [-0.15, -0.1) is 0 Å². The topological polar surface area (TPSA) is 25.4 Å². The van der Waals surface area contributed by atoms with Crippen molar-refractivity contribution in [3.63, 3.8) is 0 Å². The molecule has 1 aromatic heterocycles. The molecule has 112 valence electrons. The van der Waals surface area contributed by atoms with Gasteiger partial charge >= 0.3 is 0 Å². The summed E-state index contributed by atoms with van der Waals surface area (Å²) >= 11 is 0. The van der Waals surface area contributed by atoms with Crippen LogP contribution < -0.4 is 0 Å². The van der Waals surface area contributed by atoms with Gasteiger partial charge in [-0.1, -0.05) is 39.2 Å². The van der Waals surface area contributed by atoms with Crippen LogP contribution >= 0.6 is 0 Å². The fourth-order valence-corrected chi connectivity index (χ4v) is 3.13. The third kappa shape index (κ3) is 4.29. The highest BCUT2D eigenvalue weighted by Crippen LogP contribution is 2.30. The zero-order chi connectivity index (χ0) is 14.2.